The summed E-state index contributed by atoms with van der Waals surface area (Å²) in [5, 5.41) is 10.6. The first-order valence-electron chi connectivity index (χ1n) is 3.77. The van der Waals surface area contributed by atoms with E-state index in [1.54, 1.807) is 0 Å². The first-order valence-corrected chi connectivity index (χ1v) is 4.56. The molecule has 0 aliphatic rings. The molecular weight excluding hydrogens is 250 g/mol. The molecule has 0 atom stereocenters. The number of aromatic nitrogens is 1. The molecule has 0 bridgehead atoms. The van der Waals surface area contributed by atoms with Crippen LogP contribution in [0.3, 0.4) is 0 Å². The summed E-state index contributed by atoms with van der Waals surface area (Å²) in [5.41, 5.74) is 0.317. The lowest BCUT2D eigenvalue weighted by atomic mass is 10.2. The van der Waals surface area contributed by atoms with Crippen molar-refractivity contribution in [3.63, 3.8) is 0 Å². The normalized spacial score (nSPS) is 9.43. The lowest BCUT2D eigenvalue weighted by molar-refractivity contribution is -0.386. The third kappa shape index (κ3) is 2.50. The molecule has 72 valence electrons. The van der Waals surface area contributed by atoms with Gasteiger partial charge in [0.25, 0.3) is 5.69 Å². The highest BCUT2D eigenvalue weighted by atomic mass is 79.9. The highest BCUT2D eigenvalue weighted by Crippen LogP contribution is 2.21. The van der Waals surface area contributed by atoms with E-state index in [2.05, 4.69) is 25.8 Å². The first-order chi connectivity index (χ1) is 6.65. The van der Waals surface area contributed by atoms with Crippen molar-refractivity contribution in [1.29, 1.82) is 0 Å². The second kappa shape index (κ2) is 4.67. The standard InChI is InChI=1S/C8H6BrN3O2/c1-10-3-2-7-8(12(13)14)4-6(9)5-11-7/h4-5H,2-3H2. The molecule has 0 unspecified atom stereocenters. The number of hydrogen-bond donors (Lipinski definition) is 0. The van der Waals surface area contributed by atoms with Crippen LogP contribution >= 0.6 is 15.9 Å². The molecular formula is C8H6BrN3O2. The van der Waals surface area contributed by atoms with E-state index in [-0.39, 0.29) is 12.2 Å². The molecule has 0 saturated carbocycles. The molecule has 6 heteroatoms. The van der Waals surface area contributed by atoms with Crippen LogP contribution in [0.5, 0.6) is 0 Å². The van der Waals surface area contributed by atoms with Crippen molar-refractivity contribution in [3.05, 3.63) is 44.0 Å². The van der Waals surface area contributed by atoms with Crippen molar-refractivity contribution in [2.45, 2.75) is 6.42 Å². The Morgan fingerprint density at radius 2 is 2.43 bits per heavy atom. The fourth-order valence-electron chi connectivity index (χ4n) is 0.969. The summed E-state index contributed by atoms with van der Waals surface area (Å²) in [7, 11) is 0. The summed E-state index contributed by atoms with van der Waals surface area (Å²) in [5.74, 6) is 0. The van der Waals surface area contributed by atoms with Crippen molar-refractivity contribution >= 4 is 21.6 Å². The van der Waals surface area contributed by atoms with Crippen molar-refractivity contribution in [2.75, 3.05) is 6.54 Å². The van der Waals surface area contributed by atoms with E-state index in [9.17, 15) is 10.1 Å². The minimum Gasteiger partial charge on any atom is -0.317 e. The van der Waals surface area contributed by atoms with Crippen LogP contribution < -0.4 is 0 Å². The molecule has 0 fully saturated rings. The fourth-order valence-corrected chi connectivity index (χ4v) is 1.29. The van der Waals surface area contributed by atoms with Gasteiger partial charge in [0.15, 0.2) is 0 Å². The Labute approximate surface area is 88.9 Å². The van der Waals surface area contributed by atoms with Gasteiger partial charge in [-0.2, -0.15) is 0 Å². The molecule has 1 aromatic heterocycles. The zero-order valence-corrected chi connectivity index (χ0v) is 8.69. The summed E-state index contributed by atoms with van der Waals surface area (Å²) >= 11 is 3.11. The van der Waals surface area contributed by atoms with Gasteiger partial charge in [-0.3, -0.25) is 15.1 Å². The van der Waals surface area contributed by atoms with E-state index < -0.39 is 4.92 Å². The molecule has 0 spiro atoms. The smallest absolute Gasteiger partial charge is 0.292 e. The van der Waals surface area contributed by atoms with Crippen molar-refractivity contribution < 1.29 is 4.92 Å². The number of hydrogen-bond acceptors (Lipinski definition) is 3. The highest BCUT2D eigenvalue weighted by Gasteiger charge is 2.15. The average Bonchev–Trinajstić information content (AvgIpc) is 2.15. The molecule has 0 N–H and O–H groups in total. The maximum Gasteiger partial charge on any atom is 0.292 e. The molecule has 1 aromatic rings. The number of halogens is 1. The molecule has 0 aliphatic heterocycles. The van der Waals surface area contributed by atoms with Gasteiger partial charge in [-0.1, -0.05) is 0 Å². The molecule has 0 amide bonds. The van der Waals surface area contributed by atoms with Crippen molar-refractivity contribution in [2.24, 2.45) is 0 Å². The van der Waals surface area contributed by atoms with Crippen LogP contribution in [0.1, 0.15) is 5.69 Å². The summed E-state index contributed by atoms with van der Waals surface area (Å²) in [4.78, 5) is 17.1. The van der Waals surface area contributed by atoms with Crippen LogP contribution in [-0.2, 0) is 6.42 Å². The van der Waals surface area contributed by atoms with E-state index in [4.69, 9.17) is 6.57 Å². The molecule has 0 radical (unpaired) electrons. The van der Waals surface area contributed by atoms with Gasteiger partial charge in [0.05, 0.1) is 11.3 Å². The van der Waals surface area contributed by atoms with Crippen LogP contribution in [0.25, 0.3) is 4.85 Å². The van der Waals surface area contributed by atoms with Crippen LogP contribution in [0.4, 0.5) is 5.69 Å². The Hall–Kier alpha value is -1.48. The fraction of sp³-hybridized carbons (Fsp3) is 0.250. The third-order valence-electron chi connectivity index (χ3n) is 1.57. The third-order valence-corrected chi connectivity index (χ3v) is 2.00. The topological polar surface area (TPSA) is 60.4 Å². The predicted octanol–water partition coefficient (Wildman–Crippen LogP) is 2.21. The van der Waals surface area contributed by atoms with Crippen LogP contribution in [0, 0.1) is 16.7 Å². The van der Waals surface area contributed by atoms with E-state index in [1.807, 2.05) is 0 Å². The molecule has 5 nitrogen and oxygen atoms in total. The minimum absolute atomic E-state index is 0.0389. The lowest BCUT2D eigenvalue weighted by Crippen LogP contribution is -1.99. The van der Waals surface area contributed by atoms with Crippen molar-refractivity contribution in [3.8, 4) is 0 Å². The van der Waals surface area contributed by atoms with Gasteiger partial charge in [0, 0.05) is 16.7 Å². The van der Waals surface area contributed by atoms with Crippen molar-refractivity contribution in [1.82, 2.24) is 4.98 Å². The summed E-state index contributed by atoms with van der Waals surface area (Å²) in [6, 6.07) is 1.40. The van der Waals surface area contributed by atoms with Gasteiger partial charge in [0.2, 0.25) is 6.54 Å². The van der Waals surface area contributed by atoms with Gasteiger partial charge in [-0.25, -0.2) is 6.57 Å². The van der Waals surface area contributed by atoms with Crippen LogP contribution in [-0.4, -0.2) is 16.5 Å². The Bertz CT molecular complexity index is 400. The highest BCUT2D eigenvalue weighted by molar-refractivity contribution is 9.10. The van der Waals surface area contributed by atoms with Gasteiger partial charge in [-0.15, -0.1) is 0 Å². The van der Waals surface area contributed by atoms with Gasteiger partial charge < -0.3 is 4.85 Å². The number of nitro groups is 1. The van der Waals surface area contributed by atoms with E-state index in [0.29, 0.717) is 16.6 Å². The molecule has 0 aromatic carbocycles. The van der Waals surface area contributed by atoms with Gasteiger partial charge in [0.1, 0.15) is 5.69 Å². The van der Waals surface area contributed by atoms with E-state index >= 15 is 0 Å². The summed E-state index contributed by atoms with van der Waals surface area (Å²) in [6.07, 6.45) is 1.80. The zero-order chi connectivity index (χ0) is 10.6. The molecule has 0 saturated heterocycles. The maximum atomic E-state index is 10.6. The second-order valence-corrected chi connectivity index (χ2v) is 3.42. The zero-order valence-electron chi connectivity index (χ0n) is 7.11. The monoisotopic (exact) mass is 255 g/mol. The Morgan fingerprint density at radius 1 is 1.71 bits per heavy atom. The summed E-state index contributed by atoms with van der Waals surface area (Å²) in [6.45, 7) is 6.81. The minimum atomic E-state index is -0.489. The lowest BCUT2D eigenvalue weighted by Gasteiger charge is -1.98. The van der Waals surface area contributed by atoms with E-state index in [0.717, 1.165) is 0 Å². The number of pyridine rings is 1. The largest absolute Gasteiger partial charge is 0.317 e. The Balaban J connectivity index is 3.03. The molecule has 1 rings (SSSR count). The molecule has 14 heavy (non-hydrogen) atoms. The second-order valence-electron chi connectivity index (χ2n) is 2.51. The van der Waals surface area contributed by atoms with Crippen LogP contribution in [0.15, 0.2) is 16.7 Å². The average molecular weight is 256 g/mol. The SMILES string of the molecule is [C-]#[N+]CCc1ncc(Br)cc1[N+](=O)[O-]. The maximum absolute atomic E-state index is 10.6. The van der Waals surface area contributed by atoms with Crippen LogP contribution in [0.2, 0.25) is 0 Å². The van der Waals surface area contributed by atoms with Gasteiger partial charge >= 0.3 is 0 Å². The first kappa shape index (κ1) is 10.6. The number of rotatable bonds is 3. The molecule has 0 aliphatic carbocycles. The quantitative estimate of drug-likeness (QED) is 0.473. The Morgan fingerprint density at radius 3 is 3.00 bits per heavy atom. The summed E-state index contributed by atoms with van der Waals surface area (Å²) < 4.78 is 0.566. The Kier molecular flexibility index (Phi) is 3.54. The van der Waals surface area contributed by atoms with Gasteiger partial charge in [-0.05, 0) is 15.9 Å². The van der Waals surface area contributed by atoms with E-state index in [1.165, 1.54) is 12.3 Å². The molecule has 1 heterocycles. The predicted molar refractivity (Wildman–Crippen MR) is 53.8 cm³/mol. The number of nitrogens with zero attached hydrogens (tertiary/aromatic N) is 3.